The second-order valence-corrected chi connectivity index (χ2v) is 5.55. The fourth-order valence-corrected chi connectivity index (χ4v) is 2.14. The predicted octanol–water partition coefficient (Wildman–Crippen LogP) is 2.42. The summed E-state index contributed by atoms with van der Waals surface area (Å²) in [5.41, 5.74) is 0.453. The fourth-order valence-electron chi connectivity index (χ4n) is 2.14. The first kappa shape index (κ1) is 13.3. The van der Waals surface area contributed by atoms with E-state index in [4.69, 9.17) is 4.42 Å². The molecule has 18 heavy (non-hydrogen) atoms. The van der Waals surface area contributed by atoms with Crippen LogP contribution in [0.2, 0.25) is 0 Å². The SMILES string of the molecule is CCCNCc1nnc(NCC2(C(C)C)CC2)o1. The number of anilines is 1. The van der Waals surface area contributed by atoms with Gasteiger partial charge in [0.05, 0.1) is 6.54 Å². The Hall–Kier alpha value is -1.10. The molecule has 1 fully saturated rings. The van der Waals surface area contributed by atoms with Gasteiger partial charge in [-0.05, 0) is 37.1 Å². The molecule has 0 atom stereocenters. The molecule has 5 nitrogen and oxygen atoms in total. The van der Waals surface area contributed by atoms with Gasteiger partial charge in [-0.1, -0.05) is 25.9 Å². The molecule has 0 aromatic carbocycles. The summed E-state index contributed by atoms with van der Waals surface area (Å²) in [6.45, 7) is 9.26. The van der Waals surface area contributed by atoms with Crippen LogP contribution in [-0.2, 0) is 6.54 Å². The molecule has 0 radical (unpaired) electrons. The Bertz CT molecular complexity index is 371. The maximum Gasteiger partial charge on any atom is 0.315 e. The van der Waals surface area contributed by atoms with E-state index in [0.717, 1.165) is 19.5 Å². The van der Waals surface area contributed by atoms with Crippen molar-refractivity contribution in [1.82, 2.24) is 15.5 Å². The van der Waals surface area contributed by atoms with Gasteiger partial charge in [-0.25, -0.2) is 0 Å². The molecule has 0 saturated heterocycles. The van der Waals surface area contributed by atoms with Gasteiger partial charge in [0.2, 0.25) is 5.89 Å². The number of hydrogen-bond donors (Lipinski definition) is 2. The highest BCUT2D eigenvalue weighted by Crippen LogP contribution is 2.51. The zero-order valence-electron chi connectivity index (χ0n) is 11.6. The molecule has 0 amide bonds. The molecule has 1 aromatic rings. The third kappa shape index (κ3) is 3.22. The van der Waals surface area contributed by atoms with E-state index in [9.17, 15) is 0 Å². The second kappa shape index (κ2) is 5.69. The maximum atomic E-state index is 5.54. The number of nitrogens with zero attached hydrogens (tertiary/aromatic N) is 2. The molecule has 2 rings (SSSR count). The van der Waals surface area contributed by atoms with Crippen LogP contribution in [0.5, 0.6) is 0 Å². The van der Waals surface area contributed by atoms with E-state index < -0.39 is 0 Å². The zero-order chi connectivity index (χ0) is 13.0. The minimum Gasteiger partial charge on any atom is -0.407 e. The van der Waals surface area contributed by atoms with Crippen LogP contribution < -0.4 is 10.6 Å². The molecule has 1 heterocycles. The lowest BCUT2D eigenvalue weighted by Crippen LogP contribution is -2.20. The van der Waals surface area contributed by atoms with E-state index in [1.807, 2.05) is 0 Å². The highest BCUT2D eigenvalue weighted by atomic mass is 16.4. The smallest absolute Gasteiger partial charge is 0.315 e. The van der Waals surface area contributed by atoms with Crippen molar-refractivity contribution >= 4 is 6.01 Å². The molecular weight excluding hydrogens is 228 g/mol. The summed E-state index contributed by atoms with van der Waals surface area (Å²) in [7, 11) is 0. The summed E-state index contributed by atoms with van der Waals surface area (Å²) in [6.07, 6.45) is 3.71. The van der Waals surface area contributed by atoms with Gasteiger partial charge in [-0.2, -0.15) is 0 Å². The van der Waals surface area contributed by atoms with Gasteiger partial charge in [0.15, 0.2) is 0 Å². The largest absolute Gasteiger partial charge is 0.407 e. The third-order valence-electron chi connectivity index (χ3n) is 3.88. The Balaban J connectivity index is 1.76. The molecule has 0 spiro atoms. The third-order valence-corrected chi connectivity index (χ3v) is 3.88. The quantitative estimate of drug-likeness (QED) is 0.696. The van der Waals surface area contributed by atoms with Gasteiger partial charge in [0.1, 0.15) is 0 Å². The van der Waals surface area contributed by atoms with Crippen LogP contribution in [0.25, 0.3) is 0 Å². The first-order valence-corrected chi connectivity index (χ1v) is 6.93. The van der Waals surface area contributed by atoms with Gasteiger partial charge >= 0.3 is 6.01 Å². The Morgan fingerprint density at radius 2 is 2.11 bits per heavy atom. The molecule has 0 unspecified atom stereocenters. The summed E-state index contributed by atoms with van der Waals surface area (Å²) in [5.74, 6) is 1.36. The highest BCUT2D eigenvalue weighted by molar-refractivity contribution is 5.20. The van der Waals surface area contributed by atoms with E-state index >= 15 is 0 Å². The average molecular weight is 252 g/mol. The first-order valence-electron chi connectivity index (χ1n) is 6.93. The van der Waals surface area contributed by atoms with E-state index in [-0.39, 0.29) is 0 Å². The van der Waals surface area contributed by atoms with Crippen molar-refractivity contribution in [2.45, 2.75) is 46.6 Å². The minimum absolute atomic E-state index is 0.453. The monoisotopic (exact) mass is 252 g/mol. The molecule has 5 heteroatoms. The normalized spacial score (nSPS) is 17.1. The van der Waals surface area contributed by atoms with E-state index in [2.05, 4.69) is 41.6 Å². The Labute approximate surface area is 109 Å². The lowest BCUT2D eigenvalue weighted by Gasteiger charge is -2.18. The summed E-state index contributed by atoms with van der Waals surface area (Å²) in [5, 5.41) is 14.5. The summed E-state index contributed by atoms with van der Waals surface area (Å²) >= 11 is 0. The second-order valence-electron chi connectivity index (χ2n) is 5.55. The molecule has 1 aliphatic rings. The van der Waals surface area contributed by atoms with Crippen molar-refractivity contribution in [2.75, 3.05) is 18.4 Å². The molecule has 1 saturated carbocycles. The van der Waals surface area contributed by atoms with Crippen molar-refractivity contribution in [2.24, 2.45) is 11.3 Å². The molecule has 1 aliphatic carbocycles. The highest BCUT2D eigenvalue weighted by Gasteiger charge is 2.45. The van der Waals surface area contributed by atoms with Crippen molar-refractivity contribution < 1.29 is 4.42 Å². The maximum absolute atomic E-state index is 5.54. The van der Waals surface area contributed by atoms with E-state index in [1.165, 1.54) is 12.8 Å². The minimum atomic E-state index is 0.453. The van der Waals surface area contributed by atoms with Crippen LogP contribution in [0.1, 0.15) is 45.9 Å². The Kier molecular flexibility index (Phi) is 4.22. The van der Waals surface area contributed by atoms with Gasteiger partial charge < -0.3 is 15.1 Å². The summed E-state index contributed by atoms with van der Waals surface area (Å²) in [6, 6.07) is 0.551. The number of rotatable bonds is 8. The molecular formula is C13H24N4O. The molecule has 0 bridgehead atoms. The molecule has 102 valence electrons. The van der Waals surface area contributed by atoms with Gasteiger partial charge in [0, 0.05) is 6.54 Å². The molecule has 2 N–H and O–H groups in total. The van der Waals surface area contributed by atoms with Crippen molar-refractivity contribution in [3.05, 3.63) is 5.89 Å². The standard InChI is InChI=1S/C13H24N4O/c1-4-7-14-8-11-16-17-12(18-11)15-9-13(5-6-13)10(2)3/h10,14H,4-9H2,1-3H3,(H,15,17). The van der Waals surface area contributed by atoms with Crippen molar-refractivity contribution in [1.29, 1.82) is 0 Å². The fraction of sp³-hybridized carbons (Fsp3) is 0.846. The van der Waals surface area contributed by atoms with Gasteiger partial charge in [0.25, 0.3) is 0 Å². The van der Waals surface area contributed by atoms with E-state index in [1.54, 1.807) is 0 Å². The lowest BCUT2D eigenvalue weighted by molar-refractivity contribution is 0.374. The van der Waals surface area contributed by atoms with Crippen LogP contribution in [0, 0.1) is 11.3 Å². The van der Waals surface area contributed by atoms with Crippen LogP contribution in [0.15, 0.2) is 4.42 Å². The van der Waals surface area contributed by atoms with Crippen molar-refractivity contribution in [3.8, 4) is 0 Å². The molecule has 0 aliphatic heterocycles. The van der Waals surface area contributed by atoms with Crippen LogP contribution >= 0.6 is 0 Å². The summed E-state index contributed by atoms with van der Waals surface area (Å²) in [4.78, 5) is 0. The van der Waals surface area contributed by atoms with Gasteiger partial charge in [-0.15, -0.1) is 5.10 Å². The van der Waals surface area contributed by atoms with Crippen molar-refractivity contribution in [3.63, 3.8) is 0 Å². The first-order chi connectivity index (χ1) is 8.66. The Morgan fingerprint density at radius 3 is 2.72 bits per heavy atom. The topological polar surface area (TPSA) is 63.0 Å². The number of hydrogen-bond acceptors (Lipinski definition) is 5. The van der Waals surface area contributed by atoms with Crippen LogP contribution in [0.3, 0.4) is 0 Å². The average Bonchev–Trinajstić information content (AvgIpc) is 3.02. The zero-order valence-corrected chi connectivity index (χ0v) is 11.6. The Morgan fingerprint density at radius 1 is 1.33 bits per heavy atom. The molecule has 1 aromatic heterocycles. The van der Waals surface area contributed by atoms with E-state index in [0.29, 0.717) is 29.8 Å². The predicted molar refractivity (Wildman–Crippen MR) is 71.3 cm³/mol. The number of nitrogens with one attached hydrogen (secondary N) is 2. The lowest BCUT2D eigenvalue weighted by atomic mass is 9.92. The van der Waals surface area contributed by atoms with Crippen LogP contribution in [0.4, 0.5) is 6.01 Å². The van der Waals surface area contributed by atoms with Crippen LogP contribution in [-0.4, -0.2) is 23.3 Å². The number of aromatic nitrogens is 2. The van der Waals surface area contributed by atoms with Gasteiger partial charge in [-0.3, -0.25) is 0 Å². The summed E-state index contributed by atoms with van der Waals surface area (Å²) < 4.78 is 5.54.